The molecule has 0 radical (unpaired) electrons. The molecule has 0 spiro atoms. The van der Waals surface area contributed by atoms with Crippen molar-refractivity contribution in [3.63, 3.8) is 0 Å². The van der Waals surface area contributed by atoms with E-state index in [1.807, 2.05) is 0 Å². The highest BCUT2D eigenvalue weighted by Crippen LogP contribution is 2.33. The lowest BCUT2D eigenvalue weighted by Crippen LogP contribution is -2.57. The number of carbonyl (C=O) groups is 1. The number of hydrogen-bond acceptors (Lipinski definition) is 8. The van der Waals surface area contributed by atoms with Crippen LogP contribution in [0.3, 0.4) is 0 Å². The number of nitrogens with zero attached hydrogens (tertiary/aromatic N) is 5. The summed E-state index contributed by atoms with van der Waals surface area (Å²) in [5, 5.41) is 18.4. The van der Waals surface area contributed by atoms with Gasteiger partial charge >= 0.3 is 0 Å². The third kappa shape index (κ3) is 3.65. The van der Waals surface area contributed by atoms with Gasteiger partial charge in [-0.15, -0.1) is 10.2 Å². The number of piperidine rings is 1. The van der Waals surface area contributed by atoms with E-state index in [1.165, 1.54) is 0 Å². The van der Waals surface area contributed by atoms with Gasteiger partial charge in [-0.3, -0.25) is 9.89 Å². The van der Waals surface area contributed by atoms with E-state index in [4.69, 9.17) is 9.47 Å². The lowest BCUT2D eigenvalue weighted by atomic mass is 9.99. The van der Waals surface area contributed by atoms with Crippen LogP contribution in [-0.2, 0) is 16.0 Å². The quantitative estimate of drug-likeness (QED) is 0.741. The van der Waals surface area contributed by atoms with Crippen molar-refractivity contribution in [2.24, 2.45) is 0 Å². The van der Waals surface area contributed by atoms with Crippen LogP contribution in [-0.4, -0.2) is 77.4 Å². The maximum Gasteiger partial charge on any atom is 0.269 e. The molecule has 10 heteroatoms. The van der Waals surface area contributed by atoms with Gasteiger partial charge in [0, 0.05) is 44.4 Å². The molecule has 4 aliphatic rings. The predicted octanol–water partition coefficient (Wildman–Crippen LogP) is 0.332. The Bertz CT molecular complexity index is 859. The number of morpholine rings is 2. The van der Waals surface area contributed by atoms with Gasteiger partial charge < -0.3 is 24.6 Å². The van der Waals surface area contributed by atoms with Gasteiger partial charge in [-0.2, -0.15) is 5.10 Å². The fourth-order valence-electron chi connectivity index (χ4n) is 4.20. The number of aromatic nitrogens is 4. The molecular weight excluding hydrogens is 374 g/mol. The molecule has 2 aromatic heterocycles. The van der Waals surface area contributed by atoms with Crippen molar-refractivity contribution in [1.82, 2.24) is 25.7 Å². The van der Waals surface area contributed by atoms with Crippen molar-refractivity contribution < 1.29 is 14.3 Å². The second-order valence-corrected chi connectivity index (χ2v) is 7.83. The molecule has 4 aliphatic heterocycles. The summed E-state index contributed by atoms with van der Waals surface area (Å²) in [6, 6.07) is 3.96. The third-order valence-corrected chi connectivity index (χ3v) is 5.76. The Labute approximate surface area is 168 Å². The minimum atomic E-state index is -0.220. The highest BCUT2D eigenvalue weighted by molar-refractivity contribution is 5.92. The predicted molar refractivity (Wildman–Crippen MR) is 105 cm³/mol. The summed E-state index contributed by atoms with van der Waals surface area (Å²) in [5.41, 5.74) is 2.16. The molecule has 4 saturated heterocycles. The van der Waals surface area contributed by atoms with Crippen molar-refractivity contribution in [3.05, 3.63) is 29.7 Å². The maximum absolute atomic E-state index is 12.3. The van der Waals surface area contributed by atoms with Crippen LogP contribution in [0.4, 0.5) is 11.5 Å². The standard InChI is InChI=1S/C19H25N7O3/c1-12-11-28-5-4-26(12)17-7-18(25-9-13-6-14(10-25)29-13)24-23-16(17)8-20-19(27)15-2-3-21-22-15/h2-3,7,12-14H,4-6,8-11H2,1H3,(H,20,27)(H,21,22). The van der Waals surface area contributed by atoms with Gasteiger partial charge in [0.25, 0.3) is 5.91 Å². The van der Waals surface area contributed by atoms with E-state index in [2.05, 4.69) is 48.5 Å². The Morgan fingerprint density at radius 3 is 2.90 bits per heavy atom. The number of fused-ring (bicyclic) bond motifs is 2. The number of amides is 1. The van der Waals surface area contributed by atoms with Gasteiger partial charge in [0.15, 0.2) is 5.82 Å². The maximum atomic E-state index is 12.3. The van der Waals surface area contributed by atoms with Gasteiger partial charge in [0.1, 0.15) is 11.4 Å². The van der Waals surface area contributed by atoms with Crippen molar-refractivity contribution in [2.45, 2.75) is 38.1 Å². The van der Waals surface area contributed by atoms with E-state index in [1.54, 1.807) is 12.3 Å². The molecule has 6 rings (SSSR count). The molecule has 2 N–H and O–H groups in total. The molecule has 0 aliphatic carbocycles. The zero-order valence-electron chi connectivity index (χ0n) is 16.4. The summed E-state index contributed by atoms with van der Waals surface area (Å²) in [6.45, 7) is 6.23. The van der Waals surface area contributed by atoms with Crippen molar-refractivity contribution in [3.8, 4) is 0 Å². The molecule has 4 fully saturated rings. The molecule has 0 saturated carbocycles. The van der Waals surface area contributed by atoms with Crippen LogP contribution in [0.1, 0.15) is 29.5 Å². The van der Waals surface area contributed by atoms with Crippen molar-refractivity contribution in [2.75, 3.05) is 42.6 Å². The molecule has 29 heavy (non-hydrogen) atoms. The summed E-state index contributed by atoms with van der Waals surface area (Å²) in [6.07, 6.45) is 3.29. The first kappa shape index (κ1) is 18.3. The third-order valence-electron chi connectivity index (χ3n) is 5.76. The van der Waals surface area contributed by atoms with Crippen molar-refractivity contribution >= 4 is 17.4 Å². The second kappa shape index (κ2) is 7.60. The Balaban J connectivity index is 1.39. The lowest BCUT2D eigenvalue weighted by molar-refractivity contribution is -0.133. The SMILES string of the molecule is CC1COCCN1c1cc(N2CC3CC(C2)O3)nnc1CNC(=O)c1ccn[nH]1. The van der Waals surface area contributed by atoms with Gasteiger partial charge in [-0.05, 0) is 13.0 Å². The van der Waals surface area contributed by atoms with Gasteiger partial charge in [-0.1, -0.05) is 0 Å². The molecular formula is C19H25N7O3. The van der Waals surface area contributed by atoms with Crippen LogP contribution in [0.25, 0.3) is 0 Å². The number of hydrogen-bond donors (Lipinski definition) is 2. The van der Waals surface area contributed by atoms with E-state index in [0.717, 1.165) is 43.3 Å². The van der Waals surface area contributed by atoms with Gasteiger partial charge in [-0.25, -0.2) is 0 Å². The first-order valence-electron chi connectivity index (χ1n) is 10.1. The zero-order valence-corrected chi connectivity index (χ0v) is 16.4. The number of ether oxygens (including phenoxy) is 2. The smallest absolute Gasteiger partial charge is 0.269 e. The summed E-state index contributed by atoms with van der Waals surface area (Å²) >= 11 is 0. The van der Waals surface area contributed by atoms with E-state index < -0.39 is 0 Å². The van der Waals surface area contributed by atoms with E-state index in [-0.39, 0.29) is 11.9 Å². The fourth-order valence-corrected chi connectivity index (χ4v) is 4.20. The first-order valence-corrected chi connectivity index (χ1v) is 10.1. The van der Waals surface area contributed by atoms with E-state index in [9.17, 15) is 4.79 Å². The molecule has 10 nitrogen and oxygen atoms in total. The number of carbonyl (C=O) groups excluding carboxylic acids is 1. The minimum Gasteiger partial charge on any atom is -0.377 e. The monoisotopic (exact) mass is 399 g/mol. The molecule has 3 atom stereocenters. The highest BCUT2D eigenvalue weighted by Gasteiger charge is 2.39. The second-order valence-electron chi connectivity index (χ2n) is 7.83. The number of H-pyrrole nitrogens is 1. The van der Waals surface area contributed by atoms with E-state index >= 15 is 0 Å². The van der Waals surface area contributed by atoms with Gasteiger partial charge in [0.2, 0.25) is 0 Å². The normalized spacial score (nSPS) is 26.2. The van der Waals surface area contributed by atoms with Crippen LogP contribution in [0.15, 0.2) is 18.3 Å². The van der Waals surface area contributed by atoms with Gasteiger partial charge in [0.05, 0.1) is 37.7 Å². The number of aromatic amines is 1. The fraction of sp³-hybridized carbons (Fsp3) is 0.579. The highest BCUT2D eigenvalue weighted by atomic mass is 16.5. The minimum absolute atomic E-state index is 0.220. The van der Waals surface area contributed by atoms with Crippen LogP contribution in [0.5, 0.6) is 0 Å². The van der Waals surface area contributed by atoms with Crippen LogP contribution in [0, 0.1) is 0 Å². The number of anilines is 2. The molecule has 154 valence electrons. The number of rotatable bonds is 5. The molecule has 0 aromatic carbocycles. The average Bonchev–Trinajstić information content (AvgIpc) is 3.27. The van der Waals surface area contributed by atoms with Crippen LogP contribution in [0.2, 0.25) is 0 Å². The molecule has 1 amide bonds. The molecule has 6 heterocycles. The number of nitrogens with one attached hydrogen (secondary N) is 2. The Kier molecular flexibility index (Phi) is 4.80. The lowest BCUT2D eigenvalue weighted by Gasteiger charge is -2.47. The summed E-state index contributed by atoms with van der Waals surface area (Å²) in [5.74, 6) is 0.642. The summed E-state index contributed by atoms with van der Waals surface area (Å²) in [7, 11) is 0. The Morgan fingerprint density at radius 2 is 2.17 bits per heavy atom. The topological polar surface area (TPSA) is 108 Å². The Hall–Kier alpha value is -2.72. The Morgan fingerprint density at radius 1 is 1.34 bits per heavy atom. The average molecular weight is 399 g/mol. The zero-order chi connectivity index (χ0) is 19.8. The molecule has 2 bridgehead atoms. The largest absolute Gasteiger partial charge is 0.377 e. The summed E-state index contributed by atoms with van der Waals surface area (Å²) in [4.78, 5) is 16.8. The summed E-state index contributed by atoms with van der Waals surface area (Å²) < 4.78 is 11.3. The van der Waals surface area contributed by atoms with Crippen LogP contribution >= 0.6 is 0 Å². The van der Waals surface area contributed by atoms with Crippen LogP contribution < -0.4 is 15.1 Å². The first-order chi connectivity index (χ1) is 14.2. The molecule has 2 aromatic rings. The molecule has 3 unspecified atom stereocenters. The van der Waals surface area contributed by atoms with Crippen molar-refractivity contribution in [1.29, 1.82) is 0 Å². The van der Waals surface area contributed by atoms with E-state index in [0.29, 0.717) is 37.7 Å².